The fourth-order valence-corrected chi connectivity index (χ4v) is 2.96. The largest absolute Gasteiger partial charge is 0.491 e. The molecule has 0 aliphatic heterocycles. The molecule has 0 atom stereocenters. The topological polar surface area (TPSA) is 75.6 Å². The van der Waals surface area contributed by atoms with E-state index in [1.807, 2.05) is 38.1 Å². The lowest BCUT2D eigenvalue weighted by Crippen LogP contribution is -2.39. The van der Waals surface area contributed by atoms with Gasteiger partial charge in [-0.05, 0) is 45.6 Å². The van der Waals surface area contributed by atoms with Crippen LogP contribution in [0.5, 0.6) is 5.75 Å². The number of amides is 1. The number of rotatable bonds is 6. The summed E-state index contributed by atoms with van der Waals surface area (Å²) < 4.78 is 5.73. The molecule has 1 saturated carbocycles. The molecule has 1 aliphatic carbocycles. The van der Waals surface area contributed by atoms with Gasteiger partial charge in [-0.15, -0.1) is 0 Å². The minimum atomic E-state index is -0.727. The highest BCUT2D eigenvalue weighted by Gasteiger charge is 2.26. The van der Waals surface area contributed by atoms with Gasteiger partial charge in [0, 0.05) is 11.6 Å². The minimum Gasteiger partial charge on any atom is -0.491 e. The lowest BCUT2D eigenvalue weighted by molar-refractivity contribution is -0.142. The molecule has 0 unspecified atom stereocenters. The van der Waals surface area contributed by atoms with Crippen LogP contribution in [0, 0.1) is 5.92 Å². The van der Waals surface area contributed by atoms with Crippen molar-refractivity contribution in [1.29, 1.82) is 0 Å². The smallest absolute Gasteiger partial charge is 0.306 e. The average Bonchev–Trinajstić information content (AvgIpc) is 2.49. The number of carboxylic acid groups (broad SMARTS) is 1. The summed E-state index contributed by atoms with van der Waals surface area (Å²) in [6, 6.07) is 7.65. The number of aliphatic carboxylic acids is 1. The third-order valence-corrected chi connectivity index (χ3v) is 4.13. The number of benzene rings is 1. The fraction of sp³-hybridized carbons (Fsp3) is 0.556. The summed E-state index contributed by atoms with van der Waals surface area (Å²) in [4.78, 5) is 23.2. The Balaban J connectivity index is 1.87. The second kappa shape index (κ2) is 7.99. The quantitative estimate of drug-likeness (QED) is 0.845. The molecule has 0 saturated heterocycles. The molecule has 23 heavy (non-hydrogen) atoms. The number of hydrogen-bond donors (Lipinski definition) is 2. The third kappa shape index (κ3) is 5.27. The van der Waals surface area contributed by atoms with Crippen LogP contribution in [-0.4, -0.2) is 29.1 Å². The fourth-order valence-electron chi connectivity index (χ4n) is 2.96. The van der Waals surface area contributed by atoms with Gasteiger partial charge in [0.25, 0.3) is 0 Å². The summed E-state index contributed by atoms with van der Waals surface area (Å²) in [6.07, 6.45) is 3.06. The first-order chi connectivity index (χ1) is 11.0. The van der Waals surface area contributed by atoms with E-state index in [0.717, 1.165) is 24.2 Å². The molecule has 126 valence electrons. The van der Waals surface area contributed by atoms with E-state index in [0.29, 0.717) is 12.8 Å². The monoisotopic (exact) mass is 319 g/mol. The Bertz CT molecular complexity index is 548. The first-order valence-electron chi connectivity index (χ1n) is 8.22. The summed E-state index contributed by atoms with van der Waals surface area (Å²) in [5, 5.41) is 12.0. The van der Waals surface area contributed by atoms with Crippen molar-refractivity contribution in [2.75, 3.05) is 0 Å². The van der Waals surface area contributed by atoms with Crippen molar-refractivity contribution in [2.45, 2.75) is 58.1 Å². The van der Waals surface area contributed by atoms with Gasteiger partial charge in [0.05, 0.1) is 18.4 Å². The summed E-state index contributed by atoms with van der Waals surface area (Å²) in [7, 11) is 0. The van der Waals surface area contributed by atoms with Gasteiger partial charge in [-0.2, -0.15) is 0 Å². The molecule has 0 aromatic heterocycles. The van der Waals surface area contributed by atoms with Crippen molar-refractivity contribution < 1.29 is 19.4 Å². The van der Waals surface area contributed by atoms with Crippen LogP contribution in [0.2, 0.25) is 0 Å². The second-order valence-electron chi connectivity index (χ2n) is 6.41. The first-order valence-corrected chi connectivity index (χ1v) is 8.22. The maximum Gasteiger partial charge on any atom is 0.306 e. The Morgan fingerprint density at radius 2 is 1.87 bits per heavy atom. The molecule has 0 spiro atoms. The molecule has 0 bridgehead atoms. The Morgan fingerprint density at radius 1 is 1.22 bits per heavy atom. The molecule has 2 rings (SSSR count). The van der Waals surface area contributed by atoms with E-state index < -0.39 is 5.97 Å². The number of hydrogen-bond acceptors (Lipinski definition) is 3. The standard InChI is InChI=1S/C18H25NO4/c1-12(2)23-16-6-4-3-5-14(16)11-17(20)19-15-9-7-13(8-10-15)18(21)22/h3-6,12-13,15H,7-11H2,1-2H3,(H,19,20)(H,21,22). The zero-order valence-electron chi connectivity index (χ0n) is 13.7. The van der Waals surface area contributed by atoms with Gasteiger partial charge in [0.15, 0.2) is 0 Å². The number of carbonyl (C=O) groups excluding carboxylic acids is 1. The van der Waals surface area contributed by atoms with Crippen molar-refractivity contribution in [1.82, 2.24) is 5.32 Å². The van der Waals surface area contributed by atoms with Crippen LogP contribution in [0.3, 0.4) is 0 Å². The van der Waals surface area contributed by atoms with Crippen molar-refractivity contribution in [3.63, 3.8) is 0 Å². The van der Waals surface area contributed by atoms with E-state index in [-0.39, 0.29) is 30.4 Å². The normalized spacial score (nSPS) is 21.0. The molecule has 1 aromatic carbocycles. The third-order valence-electron chi connectivity index (χ3n) is 4.13. The second-order valence-corrected chi connectivity index (χ2v) is 6.41. The van der Waals surface area contributed by atoms with Gasteiger partial charge < -0.3 is 15.2 Å². The van der Waals surface area contributed by atoms with Crippen LogP contribution < -0.4 is 10.1 Å². The van der Waals surface area contributed by atoms with Gasteiger partial charge in [-0.3, -0.25) is 9.59 Å². The summed E-state index contributed by atoms with van der Waals surface area (Å²) >= 11 is 0. The van der Waals surface area contributed by atoms with Crippen LogP contribution in [0.4, 0.5) is 0 Å². The maximum atomic E-state index is 12.3. The molecule has 0 radical (unpaired) electrons. The summed E-state index contributed by atoms with van der Waals surface area (Å²) in [5.41, 5.74) is 0.873. The van der Waals surface area contributed by atoms with Gasteiger partial charge in [-0.1, -0.05) is 18.2 Å². The van der Waals surface area contributed by atoms with Crippen molar-refractivity contribution >= 4 is 11.9 Å². The molecule has 5 nitrogen and oxygen atoms in total. The van der Waals surface area contributed by atoms with E-state index >= 15 is 0 Å². The molecular weight excluding hydrogens is 294 g/mol. The maximum absolute atomic E-state index is 12.3. The molecule has 1 fully saturated rings. The predicted molar refractivity (Wildman–Crippen MR) is 87.4 cm³/mol. The van der Waals surface area contributed by atoms with Gasteiger partial charge in [0.2, 0.25) is 5.91 Å². The highest BCUT2D eigenvalue weighted by Crippen LogP contribution is 2.25. The van der Waals surface area contributed by atoms with Crippen LogP contribution in [0.1, 0.15) is 45.1 Å². The summed E-state index contributed by atoms with van der Waals surface area (Å²) in [5.74, 6) is -0.284. The number of nitrogens with one attached hydrogen (secondary N) is 1. The molecule has 0 heterocycles. The Labute approximate surface area is 137 Å². The number of carboxylic acids is 1. The number of ether oxygens (including phenoxy) is 1. The van der Waals surface area contributed by atoms with Crippen molar-refractivity contribution in [3.8, 4) is 5.75 Å². The lowest BCUT2D eigenvalue weighted by atomic mass is 9.86. The minimum absolute atomic E-state index is 0.0384. The Hall–Kier alpha value is -2.04. The van der Waals surface area contributed by atoms with E-state index in [1.165, 1.54) is 0 Å². The summed E-state index contributed by atoms with van der Waals surface area (Å²) in [6.45, 7) is 3.91. The van der Waals surface area contributed by atoms with Gasteiger partial charge in [0.1, 0.15) is 5.75 Å². The van der Waals surface area contributed by atoms with Crippen molar-refractivity contribution in [3.05, 3.63) is 29.8 Å². The number of carbonyl (C=O) groups is 2. The molecule has 5 heteroatoms. The Kier molecular flexibility index (Phi) is 6.02. The molecule has 2 N–H and O–H groups in total. The zero-order chi connectivity index (χ0) is 16.8. The predicted octanol–water partition coefficient (Wildman–Crippen LogP) is 2.78. The molecule has 1 aromatic rings. The van der Waals surface area contributed by atoms with Crippen LogP contribution >= 0.6 is 0 Å². The van der Waals surface area contributed by atoms with Crippen LogP contribution in [-0.2, 0) is 16.0 Å². The molecule has 1 aliphatic rings. The highest BCUT2D eigenvalue weighted by atomic mass is 16.5. The van der Waals surface area contributed by atoms with Crippen LogP contribution in [0.25, 0.3) is 0 Å². The zero-order valence-corrected chi connectivity index (χ0v) is 13.7. The van der Waals surface area contributed by atoms with E-state index in [4.69, 9.17) is 9.84 Å². The highest BCUT2D eigenvalue weighted by molar-refractivity contribution is 5.79. The SMILES string of the molecule is CC(C)Oc1ccccc1CC(=O)NC1CCC(C(=O)O)CC1. The van der Waals surface area contributed by atoms with Gasteiger partial charge >= 0.3 is 5.97 Å². The first kappa shape index (κ1) is 17.3. The molecular formula is C18H25NO4. The van der Waals surface area contributed by atoms with Crippen LogP contribution in [0.15, 0.2) is 24.3 Å². The van der Waals surface area contributed by atoms with E-state index in [1.54, 1.807) is 0 Å². The van der Waals surface area contributed by atoms with Crippen molar-refractivity contribution in [2.24, 2.45) is 5.92 Å². The van der Waals surface area contributed by atoms with E-state index in [9.17, 15) is 9.59 Å². The van der Waals surface area contributed by atoms with E-state index in [2.05, 4.69) is 5.32 Å². The Morgan fingerprint density at radius 3 is 2.48 bits per heavy atom. The molecule has 1 amide bonds. The number of para-hydroxylation sites is 1. The average molecular weight is 319 g/mol. The van der Waals surface area contributed by atoms with Gasteiger partial charge in [-0.25, -0.2) is 0 Å². The lowest BCUT2D eigenvalue weighted by Gasteiger charge is -2.27.